The predicted octanol–water partition coefficient (Wildman–Crippen LogP) is 5.10. The molecule has 8 heteroatoms. The molecule has 1 N–H and O–H groups in total. The number of nitrogens with zero attached hydrogens (tertiary/aromatic N) is 2. The summed E-state index contributed by atoms with van der Waals surface area (Å²) in [5.74, 6) is -0.202. The van der Waals surface area contributed by atoms with Crippen LogP contribution in [-0.2, 0) is 11.0 Å². The SMILES string of the molecule is CC1CC(=O)C2=C(C1)N(c1cccc(C(F)(F)F)c1)C(=O)NC2c1ccc(C#N)cc1. The van der Waals surface area contributed by atoms with E-state index in [2.05, 4.69) is 5.32 Å². The molecule has 2 unspecified atom stereocenters. The van der Waals surface area contributed by atoms with Crippen LogP contribution in [0.1, 0.15) is 42.5 Å². The van der Waals surface area contributed by atoms with Crippen LogP contribution in [0.3, 0.4) is 0 Å². The molecule has 1 heterocycles. The van der Waals surface area contributed by atoms with Crippen LogP contribution in [0.15, 0.2) is 59.8 Å². The van der Waals surface area contributed by atoms with Crippen molar-refractivity contribution in [3.8, 4) is 6.07 Å². The summed E-state index contributed by atoms with van der Waals surface area (Å²) in [7, 11) is 0. The van der Waals surface area contributed by atoms with E-state index < -0.39 is 23.8 Å². The summed E-state index contributed by atoms with van der Waals surface area (Å²) in [6.07, 6.45) is -3.88. The standard InChI is InChI=1S/C23H18F3N3O2/c1-13-9-18-20(19(30)10-13)21(15-7-5-14(12-27)6-8-15)28-22(31)29(18)17-4-2-3-16(11-17)23(24,25)26/h2-8,11,13,21H,9-10H2,1H3,(H,28,31). The highest BCUT2D eigenvalue weighted by molar-refractivity contribution is 6.06. The van der Waals surface area contributed by atoms with Gasteiger partial charge in [-0.2, -0.15) is 18.4 Å². The number of anilines is 1. The molecule has 1 aliphatic carbocycles. The highest BCUT2D eigenvalue weighted by atomic mass is 19.4. The number of ketones is 1. The van der Waals surface area contributed by atoms with Crippen molar-refractivity contribution >= 4 is 17.5 Å². The van der Waals surface area contributed by atoms with E-state index in [1.165, 1.54) is 17.0 Å². The van der Waals surface area contributed by atoms with Crippen LogP contribution in [-0.4, -0.2) is 11.8 Å². The van der Waals surface area contributed by atoms with Crippen molar-refractivity contribution in [1.29, 1.82) is 5.26 Å². The molecule has 0 saturated heterocycles. The van der Waals surface area contributed by atoms with E-state index in [1.54, 1.807) is 24.3 Å². The molecule has 0 radical (unpaired) electrons. The summed E-state index contributed by atoms with van der Waals surface area (Å²) in [5.41, 5.74) is 1.05. The zero-order valence-electron chi connectivity index (χ0n) is 16.5. The average Bonchev–Trinajstić information content (AvgIpc) is 2.72. The summed E-state index contributed by atoms with van der Waals surface area (Å²) >= 11 is 0. The number of halogens is 3. The normalized spacial score (nSPS) is 21.5. The van der Waals surface area contributed by atoms with E-state index in [1.807, 2.05) is 13.0 Å². The molecular formula is C23H18F3N3O2. The number of alkyl halides is 3. The molecule has 31 heavy (non-hydrogen) atoms. The first kappa shape index (κ1) is 20.7. The first-order chi connectivity index (χ1) is 14.7. The van der Waals surface area contributed by atoms with Gasteiger partial charge < -0.3 is 5.32 Å². The first-order valence-electron chi connectivity index (χ1n) is 9.73. The summed E-state index contributed by atoms with van der Waals surface area (Å²) in [6, 6.07) is 11.7. The fourth-order valence-electron chi connectivity index (χ4n) is 4.12. The molecule has 5 nitrogen and oxygen atoms in total. The lowest BCUT2D eigenvalue weighted by atomic mass is 9.80. The van der Waals surface area contributed by atoms with Gasteiger partial charge in [-0.05, 0) is 48.2 Å². The van der Waals surface area contributed by atoms with Gasteiger partial charge in [-0.15, -0.1) is 0 Å². The number of rotatable bonds is 2. The van der Waals surface area contributed by atoms with E-state index in [-0.39, 0.29) is 23.8 Å². The maximum absolute atomic E-state index is 13.2. The van der Waals surface area contributed by atoms with E-state index in [9.17, 15) is 22.8 Å². The molecule has 2 aliphatic rings. The zero-order chi connectivity index (χ0) is 22.3. The minimum Gasteiger partial charge on any atom is -0.326 e. The number of carbonyl (C=O) groups excluding carboxylic acids is 2. The highest BCUT2D eigenvalue weighted by Crippen LogP contribution is 2.42. The molecule has 2 atom stereocenters. The molecule has 2 aromatic rings. The number of nitriles is 1. The third-order valence-electron chi connectivity index (χ3n) is 5.52. The van der Waals surface area contributed by atoms with E-state index >= 15 is 0 Å². The number of Topliss-reactive ketones (excluding diaryl/α,β-unsaturated/α-hetero) is 1. The summed E-state index contributed by atoms with van der Waals surface area (Å²) in [4.78, 5) is 27.2. The molecule has 4 rings (SSSR count). The Bertz CT molecular complexity index is 1130. The molecule has 2 amide bonds. The molecule has 0 fully saturated rings. The number of benzene rings is 2. The van der Waals surface area contributed by atoms with Crippen LogP contribution in [0, 0.1) is 17.2 Å². The van der Waals surface area contributed by atoms with E-state index in [0.29, 0.717) is 28.8 Å². The minimum atomic E-state index is -4.56. The van der Waals surface area contributed by atoms with Gasteiger partial charge >= 0.3 is 12.2 Å². The number of allylic oxidation sites excluding steroid dienone is 1. The maximum atomic E-state index is 13.2. The Balaban J connectivity index is 1.85. The molecule has 0 aromatic heterocycles. The fraction of sp³-hybridized carbons (Fsp3) is 0.261. The van der Waals surface area contributed by atoms with Crippen molar-refractivity contribution in [3.63, 3.8) is 0 Å². The van der Waals surface area contributed by atoms with Gasteiger partial charge in [0, 0.05) is 17.7 Å². The Morgan fingerprint density at radius 2 is 1.81 bits per heavy atom. The Morgan fingerprint density at radius 1 is 1.10 bits per heavy atom. The first-order valence-corrected chi connectivity index (χ1v) is 9.73. The van der Waals surface area contributed by atoms with Crippen molar-refractivity contribution in [1.82, 2.24) is 5.32 Å². The Hall–Kier alpha value is -3.60. The molecule has 0 spiro atoms. The smallest absolute Gasteiger partial charge is 0.326 e. The second kappa shape index (κ2) is 7.58. The van der Waals surface area contributed by atoms with Gasteiger partial charge in [0.1, 0.15) is 0 Å². The predicted molar refractivity (Wildman–Crippen MR) is 107 cm³/mol. The number of urea groups is 1. The van der Waals surface area contributed by atoms with Crippen LogP contribution in [0.5, 0.6) is 0 Å². The van der Waals surface area contributed by atoms with Crippen LogP contribution in [0.4, 0.5) is 23.7 Å². The number of hydrogen-bond acceptors (Lipinski definition) is 3. The lowest BCUT2D eigenvalue weighted by Crippen LogP contribution is -2.50. The topological polar surface area (TPSA) is 73.2 Å². The van der Waals surface area contributed by atoms with E-state index in [0.717, 1.165) is 12.1 Å². The fourth-order valence-corrected chi connectivity index (χ4v) is 4.12. The third kappa shape index (κ3) is 3.79. The van der Waals surface area contributed by atoms with Gasteiger partial charge in [-0.25, -0.2) is 4.79 Å². The van der Waals surface area contributed by atoms with Gasteiger partial charge in [0.05, 0.1) is 28.9 Å². The number of nitrogens with one attached hydrogen (secondary N) is 1. The number of carbonyl (C=O) groups is 2. The van der Waals surface area contributed by atoms with Crippen LogP contribution < -0.4 is 10.2 Å². The summed E-state index contributed by atoms with van der Waals surface area (Å²) in [6.45, 7) is 1.87. The summed E-state index contributed by atoms with van der Waals surface area (Å²) < 4.78 is 39.7. The Morgan fingerprint density at radius 3 is 2.45 bits per heavy atom. The Labute approximate surface area is 176 Å². The lowest BCUT2D eigenvalue weighted by Gasteiger charge is -2.40. The molecule has 158 valence electrons. The molecule has 2 aromatic carbocycles. The van der Waals surface area contributed by atoms with Crippen LogP contribution in [0.25, 0.3) is 0 Å². The van der Waals surface area contributed by atoms with Crippen molar-refractivity contribution in [2.75, 3.05) is 4.90 Å². The van der Waals surface area contributed by atoms with Gasteiger partial charge in [-0.3, -0.25) is 9.69 Å². The lowest BCUT2D eigenvalue weighted by molar-refractivity contribution is -0.137. The Kier molecular flexibility index (Phi) is 5.05. The quantitative estimate of drug-likeness (QED) is 0.728. The van der Waals surface area contributed by atoms with Crippen LogP contribution in [0.2, 0.25) is 0 Å². The van der Waals surface area contributed by atoms with Crippen molar-refractivity contribution in [3.05, 3.63) is 76.5 Å². The average molecular weight is 425 g/mol. The van der Waals surface area contributed by atoms with Gasteiger partial charge in [-0.1, -0.05) is 25.1 Å². The van der Waals surface area contributed by atoms with Crippen molar-refractivity contribution < 1.29 is 22.8 Å². The van der Waals surface area contributed by atoms with Gasteiger partial charge in [0.25, 0.3) is 0 Å². The molecular weight excluding hydrogens is 407 g/mol. The molecule has 0 saturated carbocycles. The van der Waals surface area contributed by atoms with Gasteiger partial charge in [0.2, 0.25) is 0 Å². The van der Waals surface area contributed by atoms with Gasteiger partial charge in [0.15, 0.2) is 5.78 Å². The molecule has 0 bridgehead atoms. The number of hydrogen-bond donors (Lipinski definition) is 1. The third-order valence-corrected chi connectivity index (χ3v) is 5.52. The second-order valence-electron chi connectivity index (χ2n) is 7.80. The van der Waals surface area contributed by atoms with Crippen molar-refractivity contribution in [2.24, 2.45) is 5.92 Å². The maximum Gasteiger partial charge on any atom is 0.416 e. The van der Waals surface area contributed by atoms with Crippen LogP contribution >= 0.6 is 0 Å². The summed E-state index contributed by atoms with van der Waals surface area (Å²) in [5, 5.41) is 11.8. The monoisotopic (exact) mass is 425 g/mol. The van der Waals surface area contributed by atoms with E-state index in [4.69, 9.17) is 5.26 Å². The number of amides is 2. The zero-order valence-corrected chi connectivity index (χ0v) is 16.5. The van der Waals surface area contributed by atoms with Crippen molar-refractivity contribution in [2.45, 2.75) is 32.0 Å². The highest BCUT2D eigenvalue weighted by Gasteiger charge is 2.41. The molecule has 1 aliphatic heterocycles. The second-order valence-corrected chi connectivity index (χ2v) is 7.80. The largest absolute Gasteiger partial charge is 0.416 e. The minimum absolute atomic E-state index is 0.0490.